The van der Waals surface area contributed by atoms with Crippen molar-refractivity contribution in [3.63, 3.8) is 0 Å². The molecule has 0 bridgehead atoms. The molecule has 3 aromatic rings. The van der Waals surface area contributed by atoms with Gasteiger partial charge >= 0.3 is 6.08 Å². The van der Waals surface area contributed by atoms with Crippen molar-refractivity contribution in [1.82, 2.24) is 10.2 Å². The minimum Gasteiger partial charge on any atom is -0.486 e. The molecule has 0 spiro atoms. The Labute approximate surface area is 146 Å². The maximum atomic E-state index is 5.60. The fraction of sp³-hybridized carbons (Fsp3) is 0.176. The molecule has 0 atom stereocenters. The fourth-order valence-corrected chi connectivity index (χ4v) is 2.76. The van der Waals surface area contributed by atoms with Crippen LogP contribution in [0.15, 0.2) is 51.4 Å². The number of nitrogens with zero attached hydrogens (tertiary/aromatic N) is 2. The summed E-state index contributed by atoms with van der Waals surface area (Å²) in [4.78, 5) is 0. The van der Waals surface area contributed by atoms with Crippen molar-refractivity contribution in [2.75, 3.05) is 13.2 Å². The molecule has 4 rings (SSSR count). The molecule has 24 heavy (non-hydrogen) atoms. The van der Waals surface area contributed by atoms with Gasteiger partial charge in [-0.3, -0.25) is 0 Å². The molecule has 1 aliphatic heterocycles. The van der Waals surface area contributed by atoms with Gasteiger partial charge in [0.25, 0.3) is 5.89 Å². The molecule has 0 N–H and O–H groups in total. The van der Waals surface area contributed by atoms with E-state index in [2.05, 4.69) is 26.1 Å². The predicted molar refractivity (Wildman–Crippen MR) is 89.2 cm³/mol. The Hall–Kier alpha value is -2.54. The first-order valence-electron chi connectivity index (χ1n) is 7.39. The fourth-order valence-electron chi connectivity index (χ4n) is 2.32. The Balaban J connectivity index is 1.48. The van der Waals surface area contributed by atoms with E-state index >= 15 is 0 Å². The van der Waals surface area contributed by atoms with Crippen LogP contribution >= 0.6 is 15.9 Å². The van der Waals surface area contributed by atoms with Crippen LogP contribution in [0.3, 0.4) is 0 Å². The third-order valence-corrected chi connectivity index (χ3v) is 4.23. The number of aromatic nitrogens is 2. The highest BCUT2D eigenvalue weighted by Crippen LogP contribution is 2.36. The second-order valence-corrected chi connectivity index (χ2v) is 5.97. The van der Waals surface area contributed by atoms with Gasteiger partial charge in [-0.15, -0.1) is 5.10 Å². The van der Waals surface area contributed by atoms with Crippen molar-refractivity contribution in [3.8, 4) is 29.0 Å². The molecule has 0 amide bonds. The Morgan fingerprint density at radius 1 is 1.00 bits per heavy atom. The van der Waals surface area contributed by atoms with Crippen LogP contribution in [0.2, 0.25) is 0 Å². The molecule has 2 heterocycles. The molecule has 0 saturated carbocycles. The molecule has 0 saturated heterocycles. The summed E-state index contributed by atoms with van der Waals surface area (Å²) in [6.07, 6.45) is 0.121. The number of fused-ring (bicyclic) bond motifs is 1. The molecule has 1 aromatic heterocycles. The monoisotopic (exact) mass is 388 g/mol. The van der Waals surface area contributed by atoms with E-state index in [0.29, 0.717) is 24.9 Å². The first-order valence-corrected chi connectivity index (χ1v) is 8.18. The van der Waals surface area contributed by atoms with Crippen molar-refractivity contribution in [1.29, 1.82) is 0 Å². The van der Waals surface area contributed by atoms with Gasteiger partial charge in [-0.1, -0.05) is 39.2 Å². The lowest BCUT2D eigenvalue weighted by molar-refractivity contribution is 0.170. The summed E-state index contributed by atoms with van der Waals surface area (Å²) >= 11 is 3.51. The van der Waals surface area contributed by atoms with Gasteiger partial charge in [0.05, 0.1) is 0 Å². The molecule has 0 aliphatic carbocycles. The minimum atomic E-state index is 0.121. The predicted octanol–water partition coefficient (Wildman–Crippen LogP) is 3.85. The molecule has 7 heteroatoms. The van der Waals surface area contributed by atoms with Gasteiger partial charge in [-0.05, 0) is 24.3 Å². The van der Waals surface area contributed by atoms with E-state index in [0.717, 1.165) is 21.3 Å². The number of hydrogen-bond acceptors (Lipinski definition) is 6. The van der Waals surface area contributed by atoms with Crippen LogP contribution in [0, 0.1) is 0 Å². The smallest absolute Gasteiger partial charge is 0.415 e. The molecule has 6 nitrogen and oxygen atoms in total. The third-order valence-electron chi connectivity index (χ3n) is 3.49. The van der Waals surface area contributed by atoms with Crippen LogP contribution in [0.4, 0.5) is 0 Å². The van der Waals surface area contributed by atoms with Crippen molar-refractivity contribution in [3.05, 3.63) is 52.5 Å². The van der Waals surface area contributed by atoms with E-state index in [9.17, 15) is 0 Å². The lowest BCUT2D eigenvalue weighted by atomic mass is 10.2. The summed E-state index contributed by atoms with van der Waals surface area (Å²) in [7, 11) is 0. The molecular formula is C17H13BrN2O4. The number of ether oxygens (including phenoxy) is 3. The first-order chi connectivity index (χ1) is 11.8. The average molecular weight is 389 g/mol. The van der Waals surface area contributed by atoms with Crippen LogP contribution in [-0.4, -0.2) is 23.4 Å². The number of halogens is 1. The summed E-state index contributed by atoms with van der Waals surface area (Å²) in [6.45, 7) is 1.37. The van der Waals surface area contributed by atoms with Crippen LogP contribution < -0.4 is 14.2 Å². The second-order valence-electron chi connectivity index (χ2n) is 5.12. The summed E-state index contributed by atoms with van der Waals surface area (Å²) in [5.74, 6) is 1.85. The zero-order valence-electron chi connectivity index (χ0n) is 12.6. The normalized spacial score (nSPS) is 12.9. The van der Waals surface area contributed by atoms with Crippen molar-refractivity contribution in [2.45, 2.75) is 6.61 Å². The summed E-state index contributed by atoms with van der Waals surface area (Å²) in [5.41, 5.74) is 1.75. The van der Waals surface area contributed by atoms with E-state index in [-0.39, 0.29) is 12.7 Å². The van der Waals surface area contributed by atoms with Gasteiger partial charge < -0.3 is 18.6 Å². The Morgan fingerprint density at radius 3 is 2.54 bits per heavy atom. The van der Waals surface area contributed by atoms with Gasteiger partial charge in [0.1, 0.15) is 19.8 Å². The van der Waals surface area contributed by atoms with Crippen LogP contribution in [0.5, 0.6) is 17.6 Å². The lowest BCUT2D eigenvalue weighted by Crippen LogP contribution is -2.15. The molecule has 0 unspecified atom stereocenters. The molecule has 0 radical (unpaired) electrons. The number of rotatable bonds is 4. The van der Waals surface area contributed by atoms with E-state index in [1.807, 2.05) is 42.5 Å². The van der Waals surface area contributed by atoms with Crippen LogP contribution in [-0.2, 0) is 6.61 Å². The van der Waals surface area contributed by atoms with Crippen LogP contribution in [0.25, 0.3) is 11.5 Å². The Bertz CT molecular complexity index is 851. The highest BCUT2D eigenvalue weighted by Gasteiger charge is 2.16. The van der Waals surface area contributed by atoms with Crippen molar-refractivity contribution < 1.29 is 18.6 Å². The van der Waals surface area contributed by atoms with E-state index < -0.39 is 0 Å². The Kier molecular flexibility index (Phi) is 4.08. The summed E-state index contributed by atoms with van der Waals surface area (Å²) in [6, 6.07) is 13.3. The van der Waals surface area contributed by atoms with Gasteiger partial charge in [-0.2, -0.15) is 0 Å². The molecule has 2 aromatic carbocycles. The summed E-state index contributed by atoms with van der Waals surface area (Å²) < 4.78 is 23.1. The number of hydrogen-bond donors (Lipinski definition) is 0. The van der Waals surface area contributed by atoms with Gasteiger partial charge in [0, 0.05) is 15.6 Å². The maximum absolute atomic E-state index is 5.60. The minimum absolute atomic E-state index is 0.121. The average Bonchev–Trinajstić information content (AvgIpc) is 3.10. The SMILES string of the molecule is Brc1cc2c(cc1COc1nnc(-c3ccccc3)o1)OCCO2. The topological polar surface area (TPSA) is 66.6 Å². The highest BCUT2D eigenvalue weighted by atomic mass is 79.9. The first kappa shape index (κ1) is 15.0. The Morgan fingerprint density at radius 2 is 1.75 bits per heavy atom. The maximum Gasteiger partial charge on any atom is 0.415 e. The highest BCUT2D eigenvalue weighted by molar-refractivity contribution is 9.10. The molecular weight excluding hydrogens is 376 g/mol. The molecule has 0 fully saturated rings. The van der Waals surface area contributed by atoms with Crippen molar-refractivity contribution >= 4 is 15.9 Å². The van der Waals surface area contributed by atoms with Crippen LogP contribution in [0.1, 0.15) is 5.56 Å². The molecule has 1 aliphatic rings. The van der Waals surface area contributed by atoms with Gasteiger partial charge in [0.15, 0.2) is 11.5 Å². The zero-order chi connectivity index (χ0) is 16.4. The van der Waals surface area contributed by atoms with E-state index in [1.54, 1.807) is 0 Å². The zero-order valence-corrected chi connectivity index (χ0v) is 14.2. The lowest BCUT2D eigenvalue weighted by Gasteiger charge is -2.19. The quantitative estimate of drug-likeness (QED) is 0.676. The number of benzene rings is 2. The van der Waals surface area contributed by atoms with Crippen molar-refractivity contribution in [2.24, 2.45) is 0 Å². The molecule has 122 valence electrons. The van der Waals surface area contributed by atoms with Gasteiger partial charge in [-0.25, -0.2) is 0 Å². The summed E-state index contributed by atoms with van der Waals surface area (Å²) in [5, 5.41) is 7.91. The van der Waals surface area contributed by atoms with E-state index in [1.165, 1.54) is 0 Å². The van der Waals surface area contributed by atoms with E-state index in [4.69, 9.17) is 18.6 Å². The standard InChI is InChI=1S/C17H13BrN2O4/c18-13-9-15-14(21-6-7-22-15)8-12(13)10-23-17-20-19-16(24-17)11-4-2-1-3-5-11/h1-5,8-9H,6-7,10H2. The third kappa shape index (κ3) is 3.07. The second kappa shape index (κ2) is 6.52. The largest absolute Gasteiger partial charge is 0.486 e. The van der Waals surface area contributed by atoms with Gasteiger partial charge in [0.2, 0.25) is 0 Å².